The van der Waals surface area contributed by atoms with E-state index >= 15 is 0 Å². The fourth-order valence-corrected chi connectivity index (χ4v) is 7.85. The van der Waals surface area contributed by atoms with Gasteiger partial charge in [-0.3, -0.25) is 4.79 Å². The van der Waals surface area contributed by atoms with E-state index in [1.54, 1.807) is 0 Å². The van der Waals surface area contributed by atoms with E-state index in [1.807, 2.05) is 0 Å². The molecule has 0 heterocycles. The fraction of sp³-hybridized carbons (Fsp3) is 0.952. The van der Waals surface area contributed by atoms with Crippen LogP contribution in [-0.2, 0) is 4.79 Å². The summed E-state index contributed by atoms with van der Waals surface area (Å²) in [5, 5.41) is 43.6. The molecule has 0 amide bonds. The van der Waals surface area contributed by atoms with E-state index in [1.165, 1.54) is 6.92 Å². The molecule has 0 aromatic heterocycles. The van der Waals surface area contributed by atoms with Crippen molar-refractivity contribution in [1.29, 1.82) is 0 Å². The summed E-state index contributed by atoms with van der Waals surface area (Å²) in [6, 6.07) is 0. The van der Waals surface area contributed by atoms with E-state index in [2.05, 4.69) is 13.8 Å². The SMILES string of the molecule is CC(=O)[C@@]1(O)CC[C@@H]2[C@@H]3C[C@H](O)[C@@]4(O)C[C@H](O)CC[C@]4(C)[C@@H]3CC[C@]21C. The van der Waals surface area contributed by atoms with Crippen LogP contribution in [0.3, 0.4) is 0 Å². The molecule has 5 nitrogen and oxygen atoms in total. The van der Waals surface area contributed by atoms with Gasteiger partial charge in [-0.1, -0.05) is 13.8 Å². The zero-order valence-electron chi connectivity index (χ0n) is 16.2. The Balaban J connectivity index is 1.72. The first-order valence-electron chi connectivity index (χ1n) is 10.3. The lowest BCUT2D eigenvalue weighted by molar-refractivity contribution is -0.267. The van der Waals surface area contributed by atoms with Crippen LogP contribution in [0.2, 0.25) is 0 Å². The van der Waals surface area contributed by atoms with E-state index in [4.69, 9.17) is 0 Å². The van der Waals surface area contributed by atoms with Crippen molar-refractivity contribution in [2.75, 3.05) is 0 Å². The lowest BCUT2D eigenvalue weighted by Crippen LogP contribution is -2.69. The van der Waals surface area contributed by atoms with Crippen LogP contribution in [0.5, 0.6) is 0 Å². The molecule has 0 spiro atoms. The molecule has 4 aliphatic rings. The number of hydrogen-bond donors (Lipinski definition) is 4. The van der Waals surface area contributed by atoms with Gasteiger partial charge >= 0.3 is 0 Å². The molecule has 0 aromatic rings. The van der Waals surface area contributed by atoms with Gasteiger partial charge in [-0.25, -0.2) is 0 Å². The summed E-state index contributed by atoms with van der Waals surface area (Å²) in [6.45, 7) is 5.65. The molecule has 0 aromatic carbocycles. The van der Waals surface area contributed by atoms with Gasteiger partial charge in [0, 0.05) is 17.3 Å². The molecule has 4 aliphatic carbocycles. The first kappa shape index (κ1) is 18.9. The smallest absolute Gasteiger partial charge is 0.161 e. The maximum absolute atomic E-state index is 12.3. The molecule has 0 unspecified atom stereocenters. The van der Waals surface area contributed by atoms with Gasteiger partial charge < -0.3 is 20.4 Å². The number of rotatable bonds is 1. The van der Waals surface area contributed by atoms with Gasteiger partial charge in [0.2, 0.25) is 0 Å². The van der Waals surface area contributed by atoms with Gasteiger partial charge in [0.15, 0.2) is 5.78 Å². The van der Waals surface area contributed by atoms with Crippen LogP contribution in [0.15, 0.2) is 0 Å². The topological polar surface area (TPSA) is 98.0 Å². The number of aliphatic hydroxyl groups excluding tert-OH is 2. The Kier molecular flexibility index (Phi) is 4.01. The van der Waals surface area contributed by atoms with Crippen LogP contribution in [-0.4, -0.2) is 49.6 Å². The van der Waals surface area contributed by atoms with Crippen LogP contribution in [0.25, 0.3) is 0 Å². The minimum absolute atomic E-state index is 0.138. The average molecular weight is 366 g/mol. The molecule has 4 saturated carbocycles. The molecule has 148 valence electrons. The zero-order chi connectivity index (χ0) is 19.1. The summed E-state index contributed by atoms with van der Waals surface area (Å²) in [6.07, 6.45) is 3.63. The van der Waals surface area contributed by atoms with E-state index in [0.717, 1.165) is 19.3 Å². The Hall–Kier alpha value is -0.490. The maximum atomic E-state index is 12.3. The number of ketones is 1. The molecule has 4 fully saturated rings. The third-order valence-corrected chi connectivity index (χ3v) is 9.57. The average Bonchev–Trinajstić information content (AvgIpc) is 2.84. The van der Waals surface area contributed by atoms with Crippen LogP contribution in [0.1, 0.15) is 72.1 Å². The second-order valence-electron chi connectivity index (χ2n) is 10.3. The lowest BCUT2D eigenvalue weighted by atomic mass is 9.42. The third-order valence-electron chi connectivity index (χ3n) is 9.57. The number of hydrogen-bond acceptors (Lipinski definition) is 5. The second-order valence-corrected chi connectivity index (χ2v) is 10.3. The van der Waals surface area contributed by atoms with Crippen molar-refractivity contribution in [3.8, 4) is 0 Å². The quantitative estimate of drug-likeness (QED) is 0.567. The summed E-state index contributed by atoms with van der Waals surface area (Å²) in [5.41, 5.74) is -3.37. The molecule has 9 atom stereocenters. The van der Waals surface area contributed by atoms with Crippen LogP contribution in [0.4, 0.5) is 0 Å². The molecule has 0 aliphatic heterocycles. The van der Waals surface area contributed by atoms with Gasteiger partial charge in [-0.2, -0.15) is 0 Å². The summed E-state index contributed by atoms with van der Waals surface area (Å²) < 4.78 is 0. The van der Waals surface area contributed by atoms with Crippen molar-refractivity contribution >= 4 is 5.78 Å². The highest BCUT2D eigenvalue weighted by Gasteiger charge is 2.70. The van der Waals surface area contributed by atoms with E-state index in [-0.39, 0.29) is 30.0 Å². The second kappa shape index (κ2) is 5.53. The highest BCUT2D eigenvalue weighted by atomic mass is 16.3. The number of carbonyl (C=O) groups is 1. The molecule has 4 N–H and O–H groups in total. The van der Waals surface area contributed by atoms with Gasteiger partial charge in [-0.05, 0) is 69.6 Å². The lowest BCUT2D eigenvalue weighted by Gasteiger charge is -2.65. The maximum Gasteiger partial charge on any atom is 0.161 e. The van der Waals surface area contributed by atoms with E-state index in [9.17, 15) is 25.2 Å². The first-order chi connectivity index (χ1) is 12.0. The van der Waals surface area contributed by atoms with E-state index < -0.39 is 34.2 Å². The van der Waals surface area contributed by atoms with Gasteiger partial charge in [0.25, 0.3) is 0 Å². The molecule has 0 saturated heterocycles. The first-order valence-corrected chi connectivity index (χ1v) is 10.3. The minimum atomic E-state index is -1.26. The minimum Gasteiger partial charge on any atom is -0.393 e. The molecule has 4 rings (SSSR count). The number of fused-ring (bicyclic) bond motifs is 5. The van der Waals surface area contributed by atoms with Gasteiger partial charge in [0.05, 0.1) is 17.8 Å². The standard InChI is InChI=1S/C21H34O5/c1-12(22)20(25)9-6-16-14-10-17(24)21(26)11-13(23)4-7-19(21,3)15(14)5-8-18(16,20)2/h13-17,23-26H,4-11H2,1-3H3/t13-,14-,15-,16-,17+,18-,19-,20+,21+/m1/s1. The van der Waals surface area contributed by atoms with Gasteiger partial charge in [0.1, 0.15) is 5.60 Å². The van der Waals surface area contributed by atoms with Gasteiger partial charge in [-0.15, -0.1) is 0 Å². The summed E-state index contributed by atoms with van der Waals surface area (Å²) in [4.78, 5) is 12.3. The fourth-order valence-electron chi connectivity index (χ4n) is 7.85. The molecule has 5 heteroatoms. The normalized spacial score (nSPS) is 59.3. The monoisotopic (exact) mass is 366 g/mol. The highest BCUT2D eigenvalue weighted by molar-refractivity contribution is 5.86. The number of aliphatic hydroxyl groups is 4. The third kappa shape index (κ3) is 2.04. The Labute approximate surface area is 155 Å². The molecule has 0 bridgehead atoms. The number of carbonyl (C=O) groups excluding carboxylic acids is 1. The summed E-state index contributed by atoms with van der Waals surface area (Å²) >= 11 is 0. The number of Topliss-reactive ketones (excluding diaryl/α,β-unsaturated/α-hetero) is 1. The predicted octanol–water partition coefficient (Wildman–Crippen LogP) is 1.80. The Morgan fingerprint density at radius 3 is 2.15 bits per heavy atom. The predicted molar refractivity (Wildman–Crippen MR) is 96.2 cm³/mol. The van der Waals surface area contributed by atoms with Crippen molar-refractivity contribution < 1.29 is 25.2 Å². The zero-order valence-corrected chi connectivity index (χ0v) is 16.2. The molecular formula is C21H34O5. The Bertz CT molecular complexity index is 622. The highest BCUT2D eigenvalue weighted by Crippen LogP contribution is 2.69. The van der Waals surface area contributed by atoms with Crippen molar-refractivity contribution in [1.82, 2.24) is 0 Å². The van der Waals surface area contributed by atoms with Crippen LogP contribution < -0.4 is 0 Å². The molecule has 0 radical (unpaired) electrons. The van der Waals surface area contributed by atoms with Crippen molar-refractivity contribution in [2.24, 2.45) is 28.6 Å². The largest absolute Gasteiger partial charge is 0.393 e. The summed E-state index contributed by atoms with van der Waals surface area (Å²) in [7, 11) is 0. The summed E-state index contributed by atoms with van der Waals surface area (Å²) in [5.74, 6) is 0.521. The van der Waals surface area contributed by atoms with Crippen molar-refractivity contribution in [2.45, 2.75) is 95.5 Å². The van der Waals surface area contributed by atoms with Crippen LogP contribution in [0, 0.1) is 28.6 Å². The van der Waals surface area contributed by atoms with E-state index in [0.29, 0.717) is 25.7 Å². The Morgan fingerprint density at radius 1 is 0.923 bits per heavy atom. The van der Waals surface area contributed by atoms with Crippen molar-refractivity contribution in [3.63, 3.8) is 0 Å². The van der Waals surface area contributed by atoms with Crippen molar-refractivity contribution in [3.05, 3.63) is 0 Å². The molecule has 26 heavy (non-hydrogen) atoms. The Morgan fingerprint density at radius 2 is 1.50 bits per heavy atom. The molecular weight excluding hydrogens is 332 g/mol. The van der Waals surface area contributed by atoms with Crippen LogP contribution >= 0.6 is 0 Å².